The number of aryl methyl sites for hydroxylation is 1. The number of aromatic nitrogens is 1. The molecular formula is C28H27N3O2S. The Morgan fingerprint density at radius 1 is 1.00 bits per heavy atom. The van der Waals surface area contributed by atoms with E-state index in [1.807, 2.05) is 64.8 Å². The van der Waals surface area contributed by atoms with Crippen LogP contribution in [0, 0.1) is 0 Å². The molecule has 34 heavy (non-hydrogen) atoms. The van der Waals surface area contributed by atoms with Gasteiger partial charge in [-0.25, -0.2) is 4.79 Å². The molecule has 0 spiro atoms. The average Bonchev–Trinajstić information content (AvgIpc) is 3.46. The minimum absolute atomic E-state index is 0.102. The van der Waals surface area contributed by atoms with Gasteiger partial charge in [-0.3, -0.25) is 0 Å². The molecule has 0 fully saturated rings. The smallest absolute Gasteiger partial charge is 0.322 e. The first-order valence-electron chi connectivity index (χ1n) is 11.8. The number of urea groups is 1. The van der Waals surface area contributed by atoms with Gasteiger partial charge >= 0.3 is 6.03 Å². The molecule has 2 aromatic heterocycles. The summed E-state index contributed by atoms with van der Waals surface area (Å²) in [5.41, 5.74) is 5.67. The van der Waals surface area contributed by atoms with Crippen LogP contribution in [-0.4, -0.2) is 22.6 Å². The molecule has 0 unspecified atom stereocenters. The zero-order valence-electron chi connectivity index (χ0n) is 19.2. The van der Waals surface area contributed by atoms with Crippen LogP contribution >= 0.6 is 11.3 Å². The van der Waals surface area contributed by atoms with Crippen LogP contribution in [0.4, 0.5) is 10.5 Å². The van der Waals surface area contributed by atoms with Crippen LogP contribution in [0.15, 0.2) is 72.9 Å². The zero-order valence-corrected chi connectivity index (χ0v) is 20.0. The maximum atomic E-state index is 13.9. The van der Waals surface area contributed by atoms with E-state index in [9.17, 15) is 4.79 Å². The van der Waals surface area contributed by atoms with Gasteiger partial charge in [0.05, 0.1) is 25.4 Å². The van der Waals surface area contributed by atoms with Crippen LogP contribution in [-0.2, 0) is 19.4 Å². The number of amides is 2. The fraction of sp³-hybridized carbons (Fsp3) is 0.250. The van der Waals surface area contributed by atoms with Crippen LogP contribution in [0.5, 0.6) is 5.75 Å². The third-order valence-corrected chi connectivity index (χ3v) is 8.21. The summed E-state index contributed by atoms with van der Waals surface area (Å²) in [4.78, 5) is 17.3. The number of methoxy groups -OCH3 is 1. The third-order valence-electron chi connectivity index (χ3n) is 6.87. The van der Waals surface area contributed by atoms with Gasteiger partial charge in [-0.05, 0) is 73.2 Å². The largest absolute Gasteiger partial charge is 0.497 e. The summed E-state index contributed by atoms with van der Waals surface area (Å²) in [6, 6.07) is 21.6. The van der Waals surface area contributed by atoms with Crippen molar-refractivity contribution in [3.8, 4) is 10.8 Å². The maximum absolute atomic E-state index is 13.9. The van der Waals surface area contributed by atoms with Gasteiger partial charge < -0.3 is 19.5 Å². The quantitative estimate of drug-likeness (QED) is 0.369. The Bertz CT molecular complexity index is 1340. The van der Waals surface area contributed by atoms with Gasteiger partial charge in [0.25, 0.3) is 0 Å². The van der Waals surface area contributed by atoms with Gasteiger partial charge in [-0.1, -0.05) is 30.3 Å². The highest BCUT2D eigenvalue weighted by atomic mass is 32.1. The minimum atomic E-state index is -0.243. The van der Waals surface area contributed by atoms with Crippen LogP contribution in [0.1, 0.15) is 46.1 Å². The minimum Gasteiger partial charge on any atom is -0.497 e. The van der Waals surface area contributed by atoms with Crippen molar-refractivity contribution >= 4 is 23.1 Å². The normalized spacial score (nSPS) is 16.7. The summed E-state index contributed by atoms with van der Waals surface area (Å²) in [6.07, 6.45) is 6.83. The molecule has 0 radical (unpaired) electrons. The van der Waals surface area contributed by atoms with Crippen molar-refractivity contribution in [1.29, 1.82) is 0 Å². The number of carbonyl (C=O) groups excluding carboxylic acids is 1. The summed E-state index contributed by atoms with van der Waals surface area (Å²) >= 11 is 1.90. The Morgan fingerprint density at radius 3 is 2.71 bits per heavy atom. The van der Waals surface area contributed by atoms with Crippen molar-refractivity contribution in [2.24, 2.45) is 0 Å². The molecule has 5 nitrogen and oxygen atoms in total. The SMILES string of the molecule is COc1cccc([C@H]2c3cccn3-c3sc4c(c3CN2C(=O)Nc2ccccc2)CCCC4)c1. The van der Waals surface area contributed by atoms with Crippen LogP contribution < -0.4 is 10.1 Å². The fourth-order valence-electron chi connectivity index (χ4n) is 5.27. The van der Waals surface area contributed by atoms with E-state index in [2.05, 4.69) is 34.3 Å². The number of thiophene rings is 1. The van der Waals surface area contributed by atoms with E-state index >= 15 is 0 Å². The molecule has 2 amide bonds. The number of fused-ring (bicyclic) bond motifs is 5. The summed E-state index contributed by atoms with van der Waals surface area (Å²) in [5, 5.41) is 4.40. The highest BCUT2D eigenvalue weighted by molar-refractivity contribution is 7.15. The highest BCUT2D eigenvalue weighted by Gasteiger charge is 2.36. The predicted octanol–water partition coefficient (Wildman–Crippen LogP) is 6.56. The Hall–Kier alpha value is -3.51. The number of nitrogens with zero attached hydrogens (tertiary/aromatic N) is 2. The molecule has 2 aliphatic rings. The van der Waals surface area contributed by atoms with Crippen molar-refractivity contribution in [2.75, 3.05) is 12.4 Å². The predicted molar refractivity (Wildman–Crippen MR) is 136 cm³/mol. The van der Waals surface area contributed by atoms with Gasteiger partial charge in [-0.2, -0.15) is 0 Å². The average molecular weight is 470 g/mol. The Balaban J connectivity index is 1.51. The lowest BCUT2D eigenvalue weighted by molar-refractivity contribution is 0.194. The summed E-state index contributed by atoms with van der Waals surface area (Å²) in [6.45, 7) is 0.573. The highest BCUT2D eigenvalue weighted by Crippen LogP contribution is 2.44. The number of carbonyl (C=O) groups is 1. The Morgan fingerprint density at radius 2 is 1.85 bits per heavy atom. The van der Waals surface area contributed by atoms with Crippen molar-refractivity contribution in [3.05, 3.63) is 100 Å². The molecule has 0 bridgehead atoms. The van der Waals surface area contributed by atoms with E-state index in [1.54, 1.807) is 7.11 Å². The molecule has 1 aliphatic heterocycles. The third kappa shape index (κ3) is 3.59. The van der Waals surface area contributed by atoms with Gasteiger partial charge in [0.15, 0.2) is 0 Å². The number of nitrogens with one attached hydrogen (secondary N) is 1. The zero-order chi connectivity index (χ0) is 23.1. The lowest BCUT2D eigenvalue weighted by Gasteiger charge is -2.31. The molecule has 3 heterocycles. The Kier molecular flexibility index (Phi) is 5.38. The Labute approximate surface area is 203 Å². The van der Waals surface area contributed by atoms with E-state index in [0.717, 1.165) is 35.5 Å². The van der Waals surface area contributed by atoms with E-state index in [4.69, 9.17) is 4.74 Å². The second-order valence-corrected chi connectivity index (χ2v) is 9.98. The van der Waals surface area contributed by atoms with Crippen molar-refractivity contribution < 1.29 is 9.53 Å². The molecule has 2 aromatic carbocycles. The van der Waals surface area contributed by atoms with Gasteiger partial charge in [0, 0.05) is 22.3 Å². The van der Waals surface area contributed by atoms with E-state index in [0.29, 0.717) is 6.54 Å². The molecule has 1 atom stereocenters. The van der Waals surface area contributed by atoms with E-state index in [1.165, 1.54) is 33.8 Å². The van der Waals surface area contributed by atoms with Crippen molar-refractivity contribution in [1.82, 2.24) is 9.47 Å². The number of anilines is 1. The van der Waals surface area contributed by atoms with Crippen LogP contribution in [0.3, 0.4) is 0 Å². The topological polar surface area (TPSA) is 46.5 Å². The van der Waals surface area contributed by atoms with Gasteiger partial charge in [-0.15, -0.1) is 11.3 Å². The number of hydrogen-bond acceptors (Lipinski definition) is 3. The molecule has 172 valence electrons. The molecule has 4 aromatic rings. The number of ether oxygens (including phenoxy) is 1. The first-order valence-corrected chi connectivity index (χ1v) is 12.6. The molecule has 1 aliphatic carbocycles. The van der Waals surface area contributed by atoms with Gasteiger partial charge in [0.1, 0.15) is 10.8 Å². The standard InChI is InChI=1S/C28H27N3O2S/c1-33-21-12-7-9-19(17-21)26-24-14-8-16-30(24)27-23(22-13-5-6-15-25(22)34-27)18-31(26)28(32)29-20-10-3-2-4-11-20/h2-4,7-12,14,16-17,26H,5-6,13,15,18H2,1H3,(H,29,32)/t26-/m0/s1. The monoisotopic (exact) mass is 469 g/mol. The number of hydrogen-bond donors (Lipinski definition) is 1. The number of para-hydroxylation sites is 1. The lowest BCUT2D eigenvalue weighted by Crippen LogP contribution is -2.38. The fourth-order valence-corrected chi connectivity index (χ4v) is 6.67. The number of rotatable bonds is 3. The second-order valence-electron chi connectivity index (χ2n) is 8.90. The maximum Gasteiger partial charge on any atom is 0.322 e. The molecule has 0 saturated heterocycles. The molecule has 1 N–H and O–H groups in total. The first-order chi connectivity index (χ1) is 16.7. The van der Waals surface area contributed by atoms with E-state index < -0.39 is 0 Å². The van der Waals surface area contributed by atoms with Crippen LogP contribution in [0.25, 0.3) is 5.00 Å². The van der Waals surface area contributed by atoms with Crippen molar-refractivity contribution in [3.63, 3.8) is 0 Å². The first kappa shape index (κ1) is 21.1. The summed E-state index contributed by atoms with van der Waals surface area (Å²) < 4.78 is 7.84. The molecular weight excluding hydrogens is 442 g/mol. The number of benzene rings is 2. The summed E-state index contributed by atoms with van der Waals surface area (Å²) in [7, 11) is 1.68. The van der Waals surface area contributed by atoms with Crippen LogP contribution in [0.2, 0.25) is 0 Å². The molecule has 6 rings (SSSR count). The van der Waals surface area contributed by atoms with Crippen molar-refractivity contribution in [2.45, 2.75) is 38.3 Å². The molecule has 6 heteroatoms. The second kappa shape index (κ2) is 8.69. The lowest BCUT2D eigenvalue weighted by atomic mass is 9.95. The van der Waals surface area contributed by atoms with Gasteiger partial charge in [0.2, 0.25) is 0 Å². The van der Waals surface area contributed by atoms with E-state index in [-0.39, 0.29) is 12.1 Å². The summed E-state index contributed by atoms with van der Waals surface area (Å²) in [5.74, 6) is 0.787. The molecule has 0 saturated carbocycles.